The minimum atomic E-state index is -0.610. The Morgan fingerprint density at radius 1 is 1.40 bits per heavy atom. The van der Waals surface area contributed by atoms with E-state index in [4.69, 9.17) is 4.74 Å². The van der Waals surface area contributed by atoms with Gasteiger partial charge in [0.05, 0.1) is 6.61 Å². The van der Waals surface area contributed by atoms with E-state index in [0.29, 0.717) is 6.61 Å². The monoisotopic (exact) mass is 295 g/mol. The Bertz CT molecular complexity index is 461. The highest BCUT2D eigenvalue weighted by molar-refractivity contribution is 5.85. The van der Waals surface area contributed by atoms with Gasteiger partial charge in [0.1, 0.15) is 5.41 Å². The third-order valence-electron chi connectivity index (χ3n) is 3.80. The predicted molar refractivity (Wildman–Crippen MR) is 83.2 cm³/mol. The molecule has 2 rings (SSSR count). The molecular formula is C16H22ClNO2. The highest BCUT2D eigenvalue weighted by atomic mass is 35.5. The Labute approximate surface area is 126 Å². The lowest BCUT2D eigenvalue weighted by atomic mass is 9.68. The summed E-state index contributed by atoms with van der Waals surface area (Å²) in [5.41, 5.74) is 0.415. The SMILES string of the molecule is CCOC(=O)[C@]1(c2ccccc2)CCC=C[C@H]1NC.Cl. The number of carbonyl (C=O) groups excluding carboxylic acids is 1. The topological polar surface area (TPSA) is 38.3 Å². The van der Waals surface area contributed by atoms with Crippen LogP contribution in [0, 0.1) is 0 Å². The van der Waals surface area contributed by atoms with Crippen molar-refractivity contribution in [2.45, 2.75) is 31.2 Å². The zero-order valence-electron chi connectivity index (χ0n) is 12.0. The van der Waals surface area contributed by atoms with Crippen molar-refractivity contribution in [2.24, 2.45) is 0 Å². The molecule has 1 N–H and O–H groups in total. The number of likely N-dealkylation sites (N-methyl/N-ethyl adjacent to an activating group) is 1. The Kier molecular flexibility index (Phi) is 6.24. The fourth-order valence-electron chi connectivity index (χ4n) is 2.87. The minimum Gasteiger partial charge on any atom is -0.465 e. The molecule has 0 radical (unpaired) electrons. The third-order valence-corrected chi connectivity index (χ3v) is 3.80. The minimum absolute atomic E-state index is 0. The van der Waals surface area contributed by atoms with Crippen LogP contribution in [-0.2, 0) is 14.9 Å². The molecule has 0 aliphatic heterocycles. The van der Waals surface area contributed by atoms with E-state index in [2.05, 4.69) is 17.5 Å². The lowest BCUT2D eigenvalue weighted by Gasteiger charge is -2.39. The van der Waals surface area contributed by atoms with E-state index >= 15 is 0 Å². The Balaban J connectivity index is 0.00000200. The van der Waals surface area contributed by atoms with Crippen molar-refractivity contribution in [1.82, 2.24) is 5.32 Å². The van der Waals surface area contributed by atoms with Gasteiger partial charge in [-0.3, -0.25) is 4.79 Å². The zero-order chi connectivity index (χ0) is 13.7. The average Bonchev–Trinajstić information content (AvgIpc) is 2.48. The van der Waals surface area contributed by atoms with E-state index in [-0.39, 0.29) is 24.4 Å². The van der Waals surface area contributed by atoms with Crippen molar-refractivity contribution < 1.29 is 9.53 Å². The average molecular weight is 296 g/mol. The number of ether oxygens (including phenoxy) is 1. The highest BCUT2D eigenvalue weighted by Crippen LogP contribution is 2.38. The molecule has 0 fully saturated rings. The van der Waals surface area contributed by atoms with Crippen LogP contribution in [0.3, 0.4) is 0 Å². The van der Waals surface area contributed by atoms with E-state index in [9.17, 15) is 4.79 Å². The van der Waals surface area contributed by atoms with E-state index in [1.54, 1.807) is 0 Å². The van der Waals surface area contributed by atoms with Gasteiger partial charge in [-0.1, -0.05) is 42.5 Å². The van der Waals surface area contributed by atoms with Gasteiger partial charge < -0.3 is 10.1 Å². The number of benzene rings is 1. The molecule has 1 aromatic carbocycles. The number of halogens is 1. The lowest BCUT2D eigenvalue weighted by molar-refractivity contribution is -0.151. The van der Waals surface area contributed by atoms with Gasteiger partial charge in [0.25, 0.3) is 0 Å². The molecule has 0 heterocycles. The van der Waals surface area contributed by atoms with Crippen LogP contribution in [0.5, 0.6) is 0 Å². The molecule has 0 spiro atoms. The van der Waals surface area contributed by atoms with Crippen LogP contribution in [0.1, 0.15) is 25.3 Å². The molecule has 0 saturated heterocycles. The first-order valence-electron chi connectivity index (χ1n) is 6.82. The smallest absolute Gasteiger partial charge is 0.318 e. The first-order valence-corrected chi connectivity index (χ1v) is 6.82. The van der Waals surface area contributed by atoms with Crippen molar-refractivity contribution in [2.75, 3.05) is 13.7 Å². The second-order valence-corrected chi connectivity index (χ2v) is 4.79. The molecule has 4 heteroatoms. The Morgan fingerprint density at radius 2 is 2.10 bits per heavy atom. The van der Waals surface area contributed by atoms with E-state index < -0.39 is 5.41 Å². The van der Waals surface area contributed by atoms with Gasteiger partial charge in [0, 0.05) is 6.04 Å². The van der Waals surface area contributed by atoms with Gasteiger partial charge in [-0.15, -0.1) is 12.4 Å². The molecule has 0 saturated carbocycles. The van der Waals surface area contributed by atoms with Crippen molar-refractivity contribution in [3.8, 4) is 0 Å². The maximum atomic E-state index is 12.6. The van der Waals surface area contributed by atoms with Crippen molar-refractivity contribution in [3.63, 3.8) is 0 Å². The summed E-state index contributed by atoms with van der Waals surface area (Å²) in [7, 11) is 1.89. The number of rotatable bonds is 4. The van der Waals surface area contributed by atoms with Gasteiger partial charge in [-0.05, 0) is 32.4 Å². The fraction of sp³-hybridized carbons (Fsp3) is 0.438. The standard InChI is InChI=1S/C16H21NO2.ClH/c1-3-19-15(18)16(13-9-5-4-6-10-13)12-8-7-11-14(16)17-2;/h4-7,9-11,14,17H,3,8,12H2,1-2H3;1H/t14-,16+;/m1./s1. The summed E-state index contributed by atoms with van der Waals surface area (Å²) in [5, 5.41) is 3.24. The lowest BCUT2D eigenvalue weighted by Crippen LogP contribution is -2.53. The van der Waals surface area contributed by atoms with Crippen molar-refractivity contribution in [1.29, 1.82) is 0 Å². The van der Waals surface area contributed by atoms with Crippen molar-refractivity contribution >= 4 is 18.4 Å². The summed E-state index contributed by atoms with van der Waals surface area (Å²) < 4.78 is 5.36. The fourth-order valence-corrected chi connectivity index (χ4v) is 2.87. The van der Waals surface area contributed by atoms with Crippen LogP contribution in [-0.4, -0.2) is 25.7 Å². The maximum Gasteiger partial charge on any atom is 0.318 e. The molecule has 0 amide bonds. The zero-order valence-corrected chi connectivity index (χ0v) is 12.8. The molecule has 0 bridgehead atoms. The van der Waals surface area contributed by atoms with Crippen LogP contribution in [0.25, 0.3) is 0 Å². The summed E-state index contributed by atoms with van der Waals surface area (Å²) in [4.78, 5) is 12.6. The molecule has 0 unspecified atom stereocenters. The van der Waals surface area contributed by atoms with Crippen LogP contribution in [0.4, 0.5) is 0 Å². The number of esters is 1. The van der Waals surface area contributed by atoms with Crippen molar-refractivity contribution in [3.05, 3.63) is 48.0 Å². The molecule has 3 nitrogen and oxygen atoms in total. The number of allylic oxidation sites excluding steroid dienone is 1. The third kappa shape index (κ3) is 2.89. The normalized spacial score (nSPS) is 24.8. The number of nitrogens with one attached hydrogen (secondary N) is 1. The molecule has 0 aromatic heterocycles. The summed E-state index contributed by atoms with van der Waals surface area (Å²) in [6, 6.07) is 9.92. The highest BCUT2D eigenvalue weighted by Gasteiger charge is 2.47. The van der Waals surface area contributed by atoms with Gasteiger partial charge in [-0.25, -0.2) is 0 Å². The van der Waals surface area contributed by atoms with Crippen LogP contribution in [0.2, 0.25) is 0 Å². The Hall–Kier alpha value is -1.32. The van der Waals surface area contributed by atoms with Gasteiger partial charge >= 0.3 is 5.97 Å². The second-order valence-electron chi connectivity index (χ2n) is 4.79. The summed E-state index contributed by atoms with van der Waals surface area (Å²) in [6.07, 6.45) is 5.87. The van der Waals surface area contributed by atoms with E-state index in [1.165, 1.54) is 0 Å². The predicted octanol–water partition coefficient (Wildman–Crippen LogP) is 2.85. The molecule has 110 valence electrons. The summed E-state index contributed by atoms with van der Waals surface area (Å²) in [6.45, 7) is 2.26. The Morgan fingerprint density at radius 3 is 2.70 bits per heavy atom. The molecule has 1 aromatic rings. The van der Waals surface area contributed by atoms with E-state index in [0.717, 1.165) is 18.4 Å². The number of hydrogen-bond acceptors (Lipinski definition) is 3. The second kappa shape index (κ2) is 7.46. The molecular weight excluding hydrogens is 274 g/mol. The first-order chi connectivity index (χ1) is 9.25. The van der Waals surface area contributed by atoms with Crippen LogP contribution < -0.4 is 5.32 Å². The maximum absolute atomic E-state index is 12.6. The molecule has 1 aliphatic carbocycles. The van der Waals surface area contributed by atoms with Gasteiger partial charge in [-0.2, -0.15) is 0 Å². The summed E-state index contributed by atoms with van der Waals surface area (Å²) in [5.74, 6) is -0.134. The van der Waals surface area contributed by atoms with Crippen LogP contribution in [0.15, 0.2) is 42.5 Å². The molecule has 2 atom stereocenters. The van der Waals surface area contributed by atoms with Gasteiger partial charge in [0.2, 0.25) is 0 Å². The summed E-state index contributed by atoms with van der Waals surface area (Å²) >= 11 is 0. The number of hydrogen-bond donors (Lipinski definition) is 1. The van der Waals surface area contributed by atoms with E-state index in [1.807, 2.05) is 44.3 Å². The largest absolute Gasteiger partial charge is 0.465 e. The quantitative estimate of drug-likeness (QED) is 0.686. The van der Waals surface area contributed by atoms with Crippen LogP contribution >= 0.6 is 12.4 Å². The molecule has 1 aliphatic rings. The first kappa shape index (κ1) is 16.7. The number of carbonyl (C=O) groups is 1. The molecule has 20 heavy (non-hydrogen) atoms. The van der Waals surface area contributed by atoms with Gasteiger partial charge in [0.15, 0.2) is 0 Å².